The fourth-order valence-electron chi connectivity index (χ4n) is 2.57. The number of hydrogen-bond donors (Lipinski definition) is 1. The van der Waals surface area contributed by atoms with Crippen LogP contribution in [0.4, 0.5) is 4.39 Å². The molecule has 0 unspecified atom stereocenters. The molecule has 0 fully saturated rings. The van der Waals surface area contributed by atoms with Gasteiger partial charge in [-0.15, -0.1) is 12.4 Å². The predicted molar refractivity (Wildman–Crippen MR) is 111 cm³/mol. The van der Waals surface area contributed by atoms with Crippen LogP contribution in [0.25, 0.3) is 0 Å². The van der Waals surface area contributed by atoms with Gasteiger partial charge in [-0.25, -0.2) is 4.39 Å². The molecular formula is C21H19Cl3FNO. The molecule has 0 amide bonds. The lowest BCUT2D eigenvalue weighted by atomic mass is 10.1. The van der Waals surface area contributed by atoms with Gasteiger partial charge in [0.2, 0.25) is 0 Å². The van der Waals surface area contributed by atoms with Crippen molar-refractivity contribution in [2.24, 2.45) is 0 Å². The van der Waals surface area contributed by atoms with Gasteiger partial charge in [-0.2, -0.15) is 0 Å². The molecule has 0 heterocycles. The third-order valence-corrected chi connectivity index (χ3v) is 4.56. The minimum atomic E-state index is -0.278. The van der Waals surface area contributed by atoms with E-state index in [4.69, 9.17) is 27.9 Å². The summed E-state index contributed by atoms with van der Waals surface area (Å²) in [4.78, 5) is 0. The number of rotatable bonds is 7. The molecule has 0 saturated carbocycles. The molecule has 6 heteroatoms. The summed E-state index contributed by atoms with van der Waals surface area (Å²) in [5.74, 6) is 0.393. The maximum absolute atomic E-state index is 13.8. The Kier molecular flexibility index (Phi) is 8.39. The van der Waals surface area contributed by atoms with Crippen molar-refractivity contribution in [2.75, 3.05) is 0 Å². The number of halogens is 4. The van der Waals surface area contributed by atoms with Gasteiger partial charge in [0.1, 0.15) is 18.2 Å². The molecule has 0 aromatic heterocycles. The first-order chi connectivity index (χ1) is 12.6. The molecule has 27 heavy (non-hydrogen) atoms. The van der Waals surface area contributed by atoms with Crippen molar-refractivity contribution in [3.05, 3.63) is 99.3 Å². The molecule has 0 atom stereocenters. The predicted octanol–water partition coefficient (Wildman–Crippen LogP) is 6.42. The second-order valence-electron chi connectivity index (χ2n) is 5.83. The van der Waals surface area contributed by atoms with Crippen LogP contribution in [0.15, 0.2) is 66.7 Å². The number of hydrogen-bond acceptors (Lipinski definition) is 2. The molecule has 0 aliphatic rings. The van der Waals surface area contributed by atoms with Gasteiger partial charge in [0, 0.05) is 34.3 Å². The Morgan fingerprint density at radius 3 is 2.22 bits per heavy atom. The van der Waals surface area contributed by atoms with Gasteiger partial charge in [0.25, 0.3) is 0 Å². The maximum Gasteiger partial charge on any atom is 0.129 e. The molecule has 142 valence electrons. The van der Waals surface area contributed by atoms with Crippen molar-refractivity contribution >= 4 is 35.6 Å². The Hall–Kier alpha value is -1.78. The molecule has 3 rings (SSSR count). The summed E-state index contributed by atoms with van der Waals surface area (Å²) in [6.45, 7) is 1.34. The van der Waals surface area contributed by atoms with Gasteiger partial charge in [-0.1, -0.05) is 59.6 Å². The van der Waals surface area contributed by atoms with E-state index in [1.807, 2.05) is 30.3 Å². The molecule has 0 bridgehead atoms. The van der Waals surface area contributed by atoms with Crippen LogP contribution in [0.5, 0.6) is 5.75 Å². The fraction of sp³-hybridized carbons (Fsp3) is 0.143. The maximum atomic E-state index is 13.8. The lowest BCUT2D eigenvalue weighted by molar-refractivity contribution is 0.296. The van der Waals surface area contributed by atoms with Crippen molar-refractivity contribution in [2.45, 2.75) is 19.7 Å². The Bertz CT molecular complexity index is 889. The van der Waals surface area contributed by atoms with E-state index in [9.17, 15) is 4.39 Å². The summed E-state index contributed by atoms with van der Waals surface area (Å²) >= 11 is 12.3. The van der Waals surface area contributed by atoms with Gasteiger partial charge in [-0.05, 0) is 35.9 Å². The zero-order valence-electron chi connectivity index (χ0n) is 14.4. The van der Waals surface area contributed by atoms with Crippen LogP contribution in [0, 0.1) is 5.82 Å². The standard InChI is InChI=1S/C21H18Cl2FNO.ClH/c22-18-9-10-21(26-14-16-6-2-4-8-20(16)24)17(11-18)13-25-12-15-5-1-3-7-19(15)23;/h1-11,25H,12-14H2;1H. The Labute approximate surface area is 174 Å². The highest BCUT2D eigenvalue weighted by Gasteiger charge is 2.08. The highest BCUT2D eigenvalue weighted by molar-refractivity contribution is 6.31. The average molecular weight is 427 g/mol. The third kappa shape index (κ3) is 6.12. The van der Waals surface area contributed by atoms with Crippen molar-refractivity contribution < 1.29 is 9.13 Å². The molecule has 3 aromatic carbocycles. The van der Waals surface area contributed by atoms with Crippen LogP contribution in [-0.2, 0) is 19.7 Å². The van der Waals surface area contributed by atoms with Gasteiger partial charge >= 0.3 is 0 Å². The van der Waals surface area contributed by atoms with Gasteiger partial charge in [-0.3, -0.25) is 0 Å². The SMILES string of the molecule is Cl.Fc1ccccc1COc1ccc(Cl)cc1CNCc1ccccc1Cl. The zero-order valence-corrected chi connectivity index (χ0v) is 16.8. The summed E-state index contributed by atoms with van der Waals surface area (Å²) in [6, 6.07) is 19.7. The lowest BCUT2D eigenvalue weighted by Crippen LogP contribution is -2.14. The lowest BCUT2D eigenvalue weighted by Gasteiger charge is -2.13. The molecule has 1 N–H and O–H groups in total. The summed E-state index contributed by atoms with van der Waals surface area (Å²) in [6.07, 6.45) is 0. The second-order valence-corrected chi connectivity index (χ2v) is 6.67. The number of benzene rings is 3. The average Bonchev–Trinajstić information content (AvgIpc) is 2.64. The van der Waals surface area contributed by atoms with Gasteiger partial charge in [0.15, 0.2) is 0 Å². The minimum absolute atomic E-state index is 0. The van der Waals surface area contributed by atoms with Crippen molar-refractivity contribution in [1.29, 1.82) is 0 Å². The van der Waals surface area contributed by atoms with Crippen molar-refractivity contribution in [3.63, 3.8) is 0 Å². The monoisotopic (exact) mass is 425 g/mol. The summed E-state index contributed by atoms with van der Waals surface area (Å²) in [5, 5.41) is 4.69. The quantitative estimate of drug-likeness (QED) is 0.470. The Balaban J connectivity index is 0.00000261. The van der Waals surface area contributed by atoms with Gasteiger partial charge in [0.05, 0.1) is 0 Å². The van der Waals surface area contributed by atoms with E-state index in [0.717, 1.165) is 16.1 Å². The van der Waals surface area contributed by atoms with Crippen LogP contribution in [-0.4, -0.2) is 0 Å². The summed E-state index contributed by atoms with van der Waals surface area (Å²) < 4.78 is 19.6. The molecule has 0 aliphatic heterocycles. The summed E-state index contributed by atoms with van der Waals surface area (Å²) in [5.41, 5.74) is 2.43. The topological polar surface area (TPSA) is 21.3 Å². The van der Waals surface area contributed by atoms with Crippen LogP contribution < -0.4 is 10.1 Å². The highest BCUT2D eigenvalue weighted by Crippen LogP contribution is 2.24. The van der Waals surface area contributed by atoms with E-state index in [2.05, 4.69) is 5.32 Å². The first-order valence-corrected chi connectivity index (χ1v) is 8.98. The normalized spacial score (nSPS) is 10.3. The third-order valence-electron chi connectivity index (χ3n) is 3.95. The van der Waals surface area contributed by atoms with E-state index in [1.54, 1.807) is 30.3 Å². The van der Waals surface area contributed by atoms with Crippen molar-refractivity contribution in [1.82, 2.24) is 5.32 Å². The van der Waals surface area contributed by atoms with Crippen LogP contribution >= 0.6 is 35.6 Å². The van der Waals surface area contributed by atoms with Crippen LogP contribution in [0.3, 0.4) is 0 Å². The summed E-state index contributed by atoms with van der Waals surface area (Å²) in [7, 11) is 0. The smallest absolute Gasteiger partial charge is 0.129 e. The van der Waals surface area contributed by atoms with Gasteiger partial charge < -0.3 is 10.1 Å². The van der Waals surface area contributed by atoms with E-state index >= 15 is 0 Å². The molecule has 3 aromatic rings. The molecular weight excluding hydrogens is 408 g/mol. The molecule has 0 aliphatic carbocycles. The molecule has 0 radical (unpaired) electrons. The van der Waals surface area contributed by atoms with Crippen molar-refractivity contribution in [3.8, 4) is 5.75 Å². The minimum Gasteiger partial charge on any atom is -0.488 e. The zero-order chi connectivity index (χ0) is 18.4. The van der Waals surface area contributed by atoms with E-state index in [1.165, 1.54) is 6.07 Å². The molecule has 0 saturated heterocycles. The van der Waals surface area contributed by atoms with E-state index < -0.39 is 0 Å². The largest absolute Gasteiger partial charge is 0.488 e. The van der Waals surface area contributed by atoms with Crippen LogP contribution in [0.2, 0.25) is 10.0 Å². The second kappa shape index (κ2) is 10.5. The van der Waals surface area contributed by atoms with E-state index in [0.29, 0.717) is 29.4 Å². The molecule has 2 nitrogen and oxygen atoms in total. The first-order valence-electron chi connectivity index (χ1n) is 8.22. The highest BCUT2D eigenvalue weighted by atomic mass is 35.5. The number of ether oxygens (including phenoxy) is 1. The fourth-order valence-corrected chi connectivity index (χ4v) is 2.97. The first kappa shape index (κ1) is 21.5. The number of nitrogens with one attached hydrogen (secondary N) is 1. The van der Waals surface area contributed by atoms with E-state index in [-0.39, 0.29) is 24.8 Å². The van der Waals surface area contributed by atoms with Crippen LogP contribution in [0.1, 0.15) is 16.7 Å². The Morgan fingerprint density at radius 1 is 0.815 bits per heavy atom. The molecule has 0 spiro atoms. The Morgan fingerprint density at radius 2 is 1.48 bits per heavy atom.